The van der Waals surface area contributed by atoms with E-state index in [4.69, 9.17) is 14.2 Å². The van der Waals surface area contributed by atoms with Crippen LogP contribution < -0.4 is 4.74 Å². The molecule has 2 aromatic carbocycles. The van der Waals surface area contributed by atoms with E-state index in [-0.39, 0.29) is 41.8 Å². The van der Waals surface area contributed by atoms with Crippen molar-refractivity contribution in [3.63, 3.8) is 0 Å². The Kier molecular flexibility index (Phi) is 8.12. The number of benzene rings is 2. The number of likely N-dealkylation sites (N-methyl/N-ethyl adjacent to an activating group) is 1. The van der Waals surface area contributed by atoms with Crippen LogP contribution in [-0.2, 0) is 37.3 Å². The highest BCUT2D eigenvalue weighted by Crippen LogP contribution is 2.56. The molecule has 2 N–H and O–H groups in total. The van der Waals surface area contributed by atoms with E-state index in [0.717, 1.165) is 85.2 Å². The van der Waals surface area contributed by atoms with E-state index >= 15 is 0 Å². The predicted molar refractivity (Wildman–Crippen MR) is 202 cm³/mol. The van der Waals surface area contributed by atoms with Crippen molar-refractivity contribution in [2.45, 2.75) is 75.8 Å². The number of allylic oxidation sites excluding steroid dienone is 1. The molecule has 9 heteroatoms. The molecule has 9 atom stereocenters. The molecular formula is C43H52N4O5. The average molecular weight is 705 g/mol. The number of carbonyl (C=O) groups is 2. The second-order valence-electron chi connectivity index (χ2n) is 16.3. The number of hydrogen-bond donors (Lipinski definition) is 2. The van der Waals surface area contributed by atoms with Gasteiger partial charge in [0, 0.05) is 82.5 Å². The first-order chi connectivity index (χ1) is 25.3. The van der Waals surface area contributed by atoms with Crippen LogP contribution in [0.4, 0.5) is 0 Å². The van der Waals surface area contributed by atoms with Crippen molar-refractivity contribution in [1.82, 2.24) is 19.8 Å². The van der Waals surface area contributed by atoms with Gasteiger partial charge in [0.25, 0.3) is 0 Å². The van der Waals surface area contributed by atoms with E-state index in [0.29, 0.717) is 11.8 Å². The van der Waals surface area contributed by atoms with Crippen molar-refractivity contribution in [3.8, 4) is 5.75 Å². The predicted octanol–water partition coefficient (Wildman–Crippen LogP) is 6.49. The Bertz CT molecular complexity index is 2110. The van der Waals surface area contributed by atoms with Crippen LogP contribution >= 0.6 is 0 Å². The zero-order chi connectivity index (χ0) is 36.1. The molecule has 6 heterocycles. The summed E-state index contributed by atoms with van der Waals surface area (Å²) < 4.78 is 17.6. The molecule has 3 saturated heterocycles. The zero-order valence-corrected chi connectivity index (χ0v) is 31.4. The highest BCUT2D eigenvalue weighted by molar-refractivity contribution is 5.93. The lowest BCUT2D eigenvalue weighted by atomic mass is 9.56. The molecule has 2 unspecified atom stereocenters. The first kappa shape index (κ1) is 33.7. The number of rotatable bonds is 5. The number of H-pyrrole nitrogens is 2. The number of ether oxygens (including phenoxy) is 3. The van der Waals surface area contributed by atoms with Crippen molar-refractivity contribution in [3.05, 3.63) is 76.1 Å². The molecule has 4 fully saturated rings. The zero-order valence-electron chi connectivity index (χ0n) is 31.4. The van der Waals surface area contributed by atoms with Crippen LogP contribution in [-0.4, -0.2) is 91.8 Å². The summed E-state index contributed by atoms with van der Waals surface area (Å²) in [5.41, 5.74) is 8.50. The summed E-state index contributed by atoms with van der Waals surface area (Å²) >= 11 is 0. The second-order valence-corrected chi connectivity index (χ2v) is 16.3. The van der Waals surface area contributed by atoms with Crippen molar-refractivity contribution in [2.24, 2.45) is 23.7 Å². The number of hydrogen-bond acceptors (Lipinski definition) is 7. The lowest BCUT2D eigenvalue weighted by Gasteiger charge is -2.57. The molecule has 0 amide bonds. The minimum absolute atomic E-state index is 0.00289. The molecule has 0 spiro atoms. The van der Waals surface area contributed by atoms with Crippen LogP contribution in [0, 0.1) is 23.7 Å². The van der Waals surface area contributed by atoms with E-state index in [9.17, 15) is 9.59 Å². The Labute approximate surface area is 306 Å². The Balaban J connectivity index is 1.28. The van der Waals surface area contributed by atoms with Crippen LogP contribution in [0.1, 0.15) is 73.5 Å². The standard InChI is InChI=1S/C43H52N4O5/c1-7-24-15-23-20-43(42(49)52-6)39-27(13-14-47(21-23)40(24)43)29-17-30(36(50-4)19-34(29)45-39)31-16-28-25(8-2)22-46(3)35(37(28)41(48)51-5)18-32-26-11-9-10-12-33(26)44-38(31)32/h8-12,17,19,23-24,28,31,35,37,40,44-45H,7,13-16,18,20-22H2,1-6H3/b25-8-/t23-,24+,28+,31-,35+,37?,40+,43-/m1/s1. The highest BCUT2D eigenvalue weighted by atomic mass is 16.5. The fourth-order valence-corrected chi connectivity index (χ4v) is 12.1. The minimum Gasteiger partial charge on any atom is -0.496 e. The third kappa shape index (κ3) is 4.67. The van der Waals surface area contributed by atoms with Gasteiger partial charge in [-0.2, -0.15) is 0 Å². The van der Waals surface area contributed by atoms with E-state index in [1.807, 2.05) is 0 Å². The number of fused-ring (bicyclic) bond motifs is 9. The number of aromatic nitrogens is 2. The number of para-hydroxylation sites is 1. The Morgan fingerprint density at radius 1 is 1.02 bits per heavy atom. The fraction of sp³-hybridized carbons (Fsp3) is 0.535. The van der Waals surface area contributed by atoms with Gasteiger partial charge in [-0.1, -0.05) is 43.2 Å². The third-order valence-corrected chi connectivity index (χ3v) is 14.1. The van der Waals surface area contributed by atoms with Gasteiger partial charge in [-0.3, -0.25) is 19.4 Å². The normalized spacial score (nSPS) is 33.2. The number of piperidine rings is 3. The summed E-state index contributed by atoms with van der Waals surface area (Å²) in [7, 11) is 6.98. The van der Waals surface area contributed by atoms with E-state index < -0.39 is 5.41 Å². The number of methoxy groups -OCH3 is 3. The van der Waals surface area contributed by atoms with Gasteiger partial charge in [-0.05, 0) is 87.1 Å². The monoisotopic (exact) mass is 704 g/mol. The number of aromatic amines is 2. The van der Waals surface area contributed by atoms with Crippen LogP contribution in [0.25, 0.3) is 21.8 Å². The summed E-state index contributed by atoms with van der Waals surface area (Å²) in [6.07, 6.45) is 7.60. The average Bonchev–Trinajstić information content (AvgIpc) is 3.69. The lowest BCUT2D eigenvalue weighted by Crippen LogP contribution is -2.67. The molecule has 9 nitrogen and oxygen atoms in total. The van der Waals surface area contributed by atoms with Gasteiger partial charge in [0.15, 0.2) is 0 Å². The quantitative estimate of drug-likeness (QED) is 0.181. The van der Waals surface area contributed by atoms with Gasteiger partial charge in [0.05, 0.1) is 27.2 Å². The van der Waals surface area contributed by atoms with Crippen molar-refractivity contribution >= 4 is 33.7 Å². The van der Waals surface area contributed by atoms with Gasteiger partial charge >= 0.3 is 11.9 Å². The topological polar surface area (TPSA) is 99.9 Å². The first-order valence-corrected chi connectivity index (χ1v) is 19.3. The molecule has 6 aliphatic rings. The summed E-state index contributed by atoms with van der Waals surface area (Å²) in [5, 5.41) is 2.36. The van der Waals surface area contributed by atoms with Crippen molar-refractivity contribution in [2.75, 3.05) is 48.0 Å². The highest BCUT2D eigenvalue weighted by Gasteiger charge is 2.62. The molecule has 274 valence electrons. The maximum atomic E-state index is 14.2. The van der Waals surface area contributed by atoms with Gasteiger partial charge in [-0.25, -0.2) is 0 Å². The minimum atomic E-state index is -0.725. The Morgan fingerprint density at radius 2 is 1.85 bits per heavy atom. The first-order valence-electron chi connectivity index (χ1n) is 19.3. The van der Waals surface area contributed by atoms with Crippen LogP contribution in [0.5, 0.6) is 5.75 Å². The lowest BCUT2D eigenvalue weighted by molar-refractivity contribution is -0.162. The van der Waals surface area contributed by atoms with E-state index in [1.54, 1.807) is 14.2 Å². The van der Waals surface area contributed by atoms with Crippen molar-refractivity contribution < 1.29 is 23.8 Å². The van der Waals surface area contributed by atoms with Crippen LogP contribution in [0.15, 0.2) is 48.0 Å². The summed E-state index contributed by atoms with van der Waals surface area (Å²) in [5.74, 6) is 1.10. The Morgan fingerprint density at radius 3 is 2.60 bits per heavy atom. The Hall–Kier alpha value is -4.08. The second kappa shape index (κ2) is 12.5. The SMILES string of the molecule is C/C=C1/CN(C)[C@H]2Cc3c([nH]c4ccccc34)[C@@H](c3cc4c5c([nH]c4cc3OC)[C@]3(C(=O)OC)C[C@H]4C[C@H](CC)[C@@H]3N(CC5)C4)C[C@@H]1C2C(=O)OC. The number of nitrogens with one attached hydrogen (secondary N) is 2. The number of carbonyl (C=O) groups excluding carboxylic acids is 2. The molecule has 6 bridgehead atoms. The van der Waals surface area contributed by atoms with Gasteiger partial charge in [-0.15, -0.1) is 0 Å². The molecular weight excluding hydrogens is 652 g/mol. The van der Waals surface area contributed by atoms with Gasteiger partial charge in [0.2, 0.25) is 0 Å². The van der Waals surface area contributed by atoms with Crippen LogP contribution in [0.2, 0.25) is 0 Å². The fourth-order valence-electron chi connectivity index (χ4n) is 12.1. The van der Waals surface area contributed by atoms with Crippen LogP contribution in [0.3, 0.4) is 0 Å². The molecule has 0 radical (unpaired) electrons. The summed E-state index contributed by atoms with van der Waals surface area (Å²) in [6, 6.07) is 13.2. The van der Waals surface area contributed by atoms with Gasteiger partial charge < -0.3 is 24.2 Å². The number of likely N-dealkylation sites (tertiary alicyclic amines) is 1. The van der Waals surface area contributed by atoms with Crippen molar-refractivity contribution in [1.29, 1.82) is 0 Å². The summed E-state index contributed by atoms with van der Waals surface area (Å²) in [4.78, 5) is 40.7. The maximum absolute atomic E-state index is 14.2. The molecule has 10 rings (SSSR count). The molecule has 2 aliphatic carbocycles. The third-order valence-electron chi connectivity index (χ3n) is 14.1. The molecule has 4 aromatic rings. The van der Waals surface area contributed by atoms with E-state index in [2.05, 4.69) is 83.1 Å². The molecule has 2 aromatic heterocycles. The maximum Gasteiger partial charge on any atom is 0.319 e. The molecule has 52 heavy (non-hydrogen) atoms. The number of esters is 2. The molecule has 4 aliphatic heterocycles. The largest absolute Gasteiger partial charge is 0.496 e. The smallest absolute Gasteiger partial charge is 0.319 e. The number of nitrogens with zero attached hydrogens (tertiary/aromatic N) is 2. The van der Waals surface area contributed by atoms with E-state index in [1.165, 1.54) is 41.3 Å². The summed E-state index contributed by atoms with van der Waals surface area (Å²) in [6.45, 7) is 7.17. The molecule has 1 saturated carbocycles. The van der Waals surface area contributed by atoms with Gasteiger partial charge in [0.1, 0.15) is 11.2 Å².